The van der Waals surface area contributed by atoms with Gasteiger partial charge >= 0.3 is 0 Å². The zero-order valence-corrected chi connectivity index (χ0v) is 20.0. The van der Waals surface area contributed by atoms with Crippen LogP contribution < -0.4 is 10.0 Å². The van der Waals surface area contributed by atoms with Crippen LogP contribution in [0.4, 0.5) is 0 Å². The summed E-state index contributed by atoms with van der Waals surface area (Å²) in [5, 5.41) is 2.81. The number of nitrogens with one attached hydrogen (secondary N) is 2. The molecule has 32 heavy (non-hydrogen) atoms. The van der Waals surface area contributed by atoms with Crippen LogP contribution in [-0.4, -0.2) is 43.8 Å². The molecule has 0 unspecified atom stereocenters. The number of hydrogen-bond acceptors (Lipinski definition) is 4. The number of sulfonamides is 1. The number of likely N-dealkylation sites (tertiary alicyclic amines) is 1. The Bertz CT molecular complexity index is 1100. The Morgan fingerprint density at radius 2 is 1.59 bits per heavy atom. The molecule has 2 N–H and O–H groups in total. The molecule has 2 amide bonds. The molecule has 0 saturated carbocycles. The fourth-order valence-electron chi connectivity index (χ4n) is 3.46. The van der Waals surface area contributed by atoms with E-state index in [4.69, 9.17) is 11.6 Å². The van der Waals surface area contributed by atoms with Crippen LogP contribution >= 0.6 is 11.6 Å². The second-order valence-corrected chi connectivity index (χ2v) is 10.9. The zero-order chi connectivity index (χ0) is 23.5. The summed E-state index contributed by atoms with van der Waals surface area (Å²) in [6.45, 7) is 6.99. The predicted octanol–water partition coefficient (Wildman–Crippen LogP) is 3.58. The van der Waals surface area contributed by atoms with Crippen LogP contribution in [0.3, 0.4) is 0 Å². The minimum Gasteiger partial charge on any atom is -0.348 e. The minimum absolute atomic E-state index is 0.0249. The van der Waals surface area contributed by atoms with Crippen molar-refractivity contribution in [1.29, 1.82) is 0 Å². The van der Waals surface area contributed by atoms with Gasteiger partial charge in [0.05, 0.1) is 5.02 Å². The van der Waals surface area contributed by atoms with Crippen molar-refractivity contribution < 1.29 is 18.0 Å². The van der Waals surface area contributed by atoms with E-state index in [0.29, 0.717) is 5.56 Å². The third-order valence-electron chi connectivity index (χ3n) is 4.97. The molecule has 2 aromatic rings. The molecule has 0 spiro atoms. The Kier molecular flexibility index (Phi) is 7.27. The fraction of sp³-hybridized carbons (Fsp3) is 0.391. The summed E-state index contributed by atoms with van der Waals surface area (Å²) in [6, 6.07) is 11.3. The van der Waals surface area contributed by atoms with Crippen LogP contribution in [0.2, 0.25) is 5.02 Å². The molecular weight excluding hydrogens is 450 g/mol. The molecule has 0 bridgehead atoms. The lowest BCUT2D eigenvalue weighted by Crippen LogP contribution is -2.40. The molecule has 1 fully saturated rings. The van der Waals surface area contributed by atoms with Crippen molar-refractivity contribution in [3.05, 3.63) is 64.2 Å². The van der Waals surface area contributed by atoms with Gasteiger partial charge in [0.2, 0.25) is 10.0 Å². The van der Waals surface area contributed by atoms with Crippen LogP contribution in [0, 0.1) is 0 Å². The van der Waals surface area contributed by atoms with E-state index in [1.165, 1.54) is 18.2 Å². The van der Waals surface area contributed by atoms with E-state index in [1.54, 1.807) is 45.0 Å². The van der Waals surface area contributed by atoms with E-state index in [9.17, 15) is 18.0 Å². The van der Waals surface area contributed by atoms with Crippen molar-refractivity contribution >= 4 is 33.4 Å². The average Bonchev–Trinajstić information content (AvgIpc) is 3.25. The summed E-state index contributed by atoms with van der Waals surface area (Å²) in [5.74, 6) is -0.400. The smallest absolute Gasteiger partial charge is 0.253 e. The minimum atomic E-state index is -3.89. The van der Waals surface area contributed by atoms with Gasteiger partial charge in [-0.05, 0) is 69.5 Å². The number of hydrogen-bond donors (Lipinski definition) is 2. The first-order valence-electron chi connectivity index (χ1n) is 10.5. The standard InChI is InChI=1S/C23H28ClN3O4S/c1-23(2,3)26-32(30,31)20-14-18(10-11-19(20)24)21(28)25-15-16-6-8-17(9-7-16)22(29)27-12-4-5-13-27/h6-11,14,26H,4-5,12-13,15H2,1-3H3,(H,25,28). The molecule has 9 heteroatoms. The number of halogens is 1. The molecule has 1 saturated heterocycles. The highest BCUT2D eigenvalue weighted by molar-refractivity contribution is 7.89. The molecule has 0 radical (unpaired) electrons. The van der Waals surface area contributed by atoms with Crippen LogP contribution in [0.25, 0.3) is 0 Å². The highest BCUT2D eigenvalue weighted by Gasteiger charge is 2.25. The molecule has 3 rings (SSSR count). The number of carbonyl (C=O) groups excluding carboxylic acids is 2. The van der Waals surface area contributed by atoms with Gasteiger partial charge in [-0.1, -0.05) is 23.7 Å². The quantitative estimate of drug-likeness (QED) is 0.664. The van der Waals surface area contributed by atoms with Gasteiger partial charge in [0.15, 0.2) is 0 Å². The van der Waals surface area contributed by atoms with Crippen LogP contribution in [-0.2, 0) is 16.6 Å². The largest absolute Gasteiger partial charge is 0.348 e. The van der Waals surface area contributed by atoms with E-state index < -0.39 is 21.5 Å². The molecule has 7 nitrogen and oxygen atoms in total. The van der Waals surface area contributed by atoms with Crippen molar-refractivity contribution in [1.82, 2.24) is 14.9 Å². The van der Waals surface area contributed by atoms with Crippen molar-refractivity contribution in [2.24, 2.45) is 0 Å². The monoisotopic (exact) mass is 477 g/mol. The van der Waals surface area contributed by atoms with E-state index in [-0.39, 0.29) is 27.9 Å². The van der Waals surface area contributed by atoms with E-state index in [1.807, 2.05) is 4.90 Å². The number of carbonyl (C=O) groups is 2. The first-order chi connectivity index (χ1) is 15.0. The molecule has 172 valence electrons. The van der Waals surface area contributed by atoms with Crippen LogP contribution in [0.15, 0.2) is 47.4 Å². The predicted molar refractivity (Wildman–Crippen MR) is 124 cm³/mol. The lowest BCUT2D eigenvalue weighted by molar-refractivity contribution is 0.0792. The molecule has 0 atom stereocenters. The number of benzene rings is 2. The summed E-state index contributed by atoms with van der Waals surface area (Å²) in [7, 11) is -3.89. The summed E-state index contributed by atoms with van der Waals surface area (Å²) >= 11 is 6.09. The lowest BCUT2D eigenvalue weighted by Gasteiger charge is -2.21. The third kappa shape index (κ3) is 6.09. The molecule has 1 heterocycles. The van der Waals surface area contributed by atoms with Gasteiger partial charge in [0.1, 0.15) is 4.90 Å². The summed E-state index contributed by atoms with van der Waals surface area (Å²) in [5.41, 5.74) is 0.945. The van der Waals surface area contributed by atoms with Crippen molar-refractivity contribution in [2.75, 3.05) is 13.1 Å². The maximum absolute atomic E-state index is 12.6. The fourth-order valence-corrected chi connectivity index (χ4v) is 5.41. The van der Waals surface area contributed by atoms with Gasteiger partial charge in [0, 0.05) is 36.3 Å². The highest BCUT2D eigenvalue weighted by atomic mass is 35.5. The summed E-state index contributed by atoms with van der Waals surface area (Å²) in [6.07, 6.45) is 2.08. The first kappa shape index (κ1) is 24.2. The Labute approximate surface area is 194 Å². The number of rotatable bonds is 6. The van der Waals surface area contributed by atoms with Crippen molar-refractivity contribution in [3.63, 3.8) is 0 Å². The van der Waals surface area contributed by atoms with Gasteiger partial charge in [-0.3, -0.25) is 9.59 Å². The van der Waals surface area contributed by atoms with Crippen LogP contribution in [0.5, 0.6) is 0 Å². The van der Waals surface area contributed by atoms with Gasteiger partial charge in [-0.15, -0.1) is 0 Å². The number of amides is 2. The molecule has 2 aromatic carbocycles. The van der Waals surface area contributed by atoms with Gasteiger partial charge < -0.3 is 10.2 Å². The van der Waals surface area contributed by atoms with Gasteiger partial charge in [-0.2, -0.15) is 0 Å². The van der Waals surface area contributed by atoms with Crippen LogP contribution in [0.1, 0.15) is 59.9 Å². The molecule has 0 aromatic heterocycles. The first-order valence-corrected chi connectivity index (χ1v) is 12.3. The topological polar surface area (TPSA) is 95.6 Å². The van der Waals surface area contributed by atoms with Gasteiger partial charge in [-0.25, -0.2) is 13.1 Å². The zero-order valence-electron chi connectivity index (χ0n) is 18.4. The Morgan fingerprint density at radius 3 is 2.19 bits per heavy atom. The molecule has 0 aliphatic carbocycles. The van der Waals surface area contributed by atoms with Gasteiger partial charge in [0.25, 0.3) is 11.8 Å². The highest BCUT2D eigenvalue weighted by Crippen LogP contribution is 2.24. The molecular formula is C23H28ClN3O4S. The Hall–Kier alpha value is -2.42. The molecule has 1 aliphatic heterocycles. The second-order valence-electron chi connectivity index (χ2n) is 8.88. The lowest BCUT2D eigenvalue weighted by atomic mass is 10.1. The maximum Gasteiger partial charge on any atom is 0.253 e. The normalized spacial score (nSPS) is 14.4. The summed E-state index contributed by atoms with van der Waals surface area (Å²) in [4.78, 5) is 26.7. The SMILES string of the molecule is CC(C)(C)NS(=O)(=O)c1cc(C(=O)NCc2ccc(C(=O)N3CCCC3)cc2)ccc1Cl. The van der Waals surface area contributed by atoms with E-state index in [2.05, 4.69) is 10.0 Å². The van der Waals surface area contributed by atoms with E-state index in [0.717, 1.165) is 31.5 Å². The summed E-state index contributed by atoms with van der Waals surface area (Å²) < 4.78 is 27.8. The Morgan fingerprint density at radius 1 is 1.00 bits per heavy atom. The second kappa shape index (κ2) is 9.60. The third-order valence-corrected chi connectivity index (χ3v) is 7.21. The van der Waals surface area contributed by atoms with Crippen molar-refractivity contribution in [2.45, 2.75) is 50.6 Å². The van der Waals surface area contributed by atoms with E-state index >= 15 is 0 Å². The molecule has 1 aliphatic rings. The number of nitrogens with zero attached hydrogens (tertiary/aromatic N) is 1. The maximum atomic E-state index is 12.6. The average molecular weight is 478 g/mol. The Balaban J connectivity index is 1.67. The van der Waals surface area contributed by atoms with Crippen molar-refractivity contribution in [3.8, 4) is 0 Å².